The fourth-order valence-corrected chi connectivity index (χ4v) is 3.65. The first-order chi connectivity index (χ1) is 13.7. The second kappa shape index (κ2) is 10.0. The highest BCUT2D eigenvalue weighted by Gasteiger charge is 2.26. The van der Waals surface area contributed by atoms with Crippen molar-refractivity contribution in [2.75, 3.05) is 40.4 Å². The Morgan fingerprint density at radius 2 is 1.89 bits per heavy atom. The molecule has 2 aromatic carbocycles. The molecule has 0 spiro atoms. The summed E-state index contributed by atoms with van der Waals surface area (Å²) in [6.45, 7) is 5.79. The maximum absolute atomic E-state index is 5.31. The SMILES string of the molecule is CCNC(=NCCc1cccc(OC)c1)N1CCC(c2ccc(OC)cc2)C1. The lowest BCUT2D eigenvalue weighted by Crippen LogP contribution is -2.40. The smallest absolute Gasteiger partial charge is 0.193 e. The van der Waals surface area contributed by atoms with Crippen LogP contribution in [0.5, 0.6) is 11.5 Å². The van der Waals surface area contributed by atoms with Crippen molar-refractivity contribution in [3.8, 4) is 11.5 Å². The van der Waals surface area contributed by atoms with E-state index in [1.807, 2.05) is 24.3 Å². The molecule has 2 aromatic rings. The number of aliphatic imine (C=N–C) groups is 1. The van der Waals surface area contributed by atoms with Crippen LogP contribution in [0.1, 0.15) is 30.4 Å². The maximum Gasteiger partial charge on any atom is 0.193 e. The Morgan fingerprint density at radius 1 is 1.11 bits per heavy atom. The van der Waals surface area contributed by atoms with Gasteiger partial charge in [-0.3, -0.25) is 4.99 Å². The molecule has 0 aromatic heterocycles. The molecule has 1 saturated heterocycles. The van der Waals surface area contributed by atoms with Gasteiger partial charge in [0.2, 0.25) is 0 Å². The lowest BCUT2D eigenvalue weighted by atomic mass is 9.98. The summed E-state index contributed by atoms with van der Waals surface area (Å²) in [5.41, 5.74) is 2.62. The minimum Gasteiger partial charge on any atom is -0.497 e. The van der Waals surface area contributed by atoms with Crippen LogP contribution >= 0.6 is 0 Å². The van der Waals surface area contributed by atoms with Gasteiger partial charge in [0, 0.05) is 32.1 Å². The normalized spacial score (nSPS) is 16.9. The zero-order valence-corrected chi connectivity index (χ0v) is 17.1. The van der Waals surface area contributed by atoms with Gasteiger partial charge in [0.1, 0.15) is 11.5 Å². The molecule has 150 valence electrons. The summed E-state index contributed by atoms with van der Waals surface area (Å²) in [5.74, 6) is 3.36. The lowest BCUT2D eigenvalue weighted by molar-refractivity contribution is 0.414. The molecule has 0 aliphatic carbocycles. The molecule has 1 atom stereocenters. The molecule has 1 unspecified atom stereocenters. The molecule has 28 heavy (non-hydrogen) atoms. The van der Waals surface area contributed by atoms with Gasteiger partial charge in [-0.05, 0) is 55.2 Å². The van der Waals surface area contributed by atoms with Gasteiger partial charge in [-0.2, -0.15) is 0 Å². The summed E-state index contributed by atoms with van der Waals surface area (Å²) >= 11 is 0. The fourth-order valence-electron chi connectivity index (χ4n) is 3.65. The number of nitrogens with one attached hydrogen (secondary N) is 1. The number of ether oxygens (including phenoxy) is 2. The van der Waals surface area contributed by atoms with Gasteiger partial charge in [0.25, 0.3) is 0 Å². The van der Waals surface area contributed by atoms with Crippen molar-refractivity contribution >= 4 is 5.96 Å². The van der Waals surface area contributed by atoms with Crippen LogP contribution in [-0.2, 0) is 6.42 Å². The standard InChI is InChI=1S/C23H31N3O2/c1-4-24-23(25-14-12-18-6-5-7-22(16-18)28-3)26-15-13-20(17-26)19-8-10-21(27-2)11-9-19/h5-11,16,20H,4,12-15,17H2,1-3H3,(H,24,25). The lowest BCUT2D eigenvalue weighted by Gasteiger charge is -2.22. The van der Waals surface area contributed by atoms with E-state index in [1.165, 1.54) is 11.1 Å². The monoisotopic (exact) mass is 381 g/mol. The molecule has 5 nitrogen and oxygen atoms in total. The zero-order chi connectivity index (χ0) is 19.8. The van der Waals surface area contributed by atoms with Gasteiger partial charge < -0.3 is 19.7 Å². The molecule has 1 aliphatic rings. The van der Waals surface area contributed by atoms with Gasteiger partial charge in [0.05, 0.1) is 14.2 Å². The van der Waals surface area contributed by atoms with Crippen LogP contribution in [0.15, 0.2) is 53.5 Å². The predicted octanol–water partition coefficient (Wildman–Crippen LogP) is 3.70. The van der Waals surface area contributed by atoms with E-state index in [4.69, 9.17) is 14.5 Å². The van der Waals surface area contributed by atoms with Crippen LogP contribution in [-0.4, -0.2) is 51.3 Å². The van der Waals surface area contributed by atoms with E-state index in [0.717, 1.165) is 56.5 Å². The highest BCUT2D eigenvalue weighted by molar-refractivity contribution is 5.80. The molecule has 1 heterocycles. The summed E-state index contributed by atoms with van der Waals surface area (Å²) in [5, 5.41) is 3.45. The van der Waals surface area contributed by atoms with Crippen molar-refractivity contribution in [2.24, 2.45) is 4.99 Å². The summed E-state index contributed by atoms with van der Waals surface area (Å²) < 4.78 is 10.6. The Hall–Kier alpha value is -2.69. The number of rotatable bonds is 7. The highest BCUT2D eigenvalue weighted by atomic mass is 16.5. The van der Waals surface area contributed by atoms with Crippen molar-refractivity contribution in [2.45, 2.75) is 25.7 Å². The third-order valence-corrected chi connectivity index (χ3v) is 5.21. The van der Waals surface area contributed by atoms with E-state index in [9.17, 15) is 0 Å². The fraction of sp³-hybridized carbons (Fsp3) is 0.435. The molecule has 3 rings (SSSR count). The number of hydrogen-bond donors (Lipinski definition) is 1. The van der Waals surface area contributed by atoms with E-state index in [1.54, 1.807) is 14.2 Å². The van der Waals surface area contributed by atoms with Gasteiger partial charge in [-0.1, -0.05) is 24.3 Å². The Bertz CT molecular complexity index is 774. The third-order valence-electron chi connectivity index (χ3n) is 5.21. The van der Waals surface area contributed by atoms with E-state index >= 15 is 0 Å². The minimum atomic E-state index is 0.535. The largest absolute Gasteiger partial charge is 0.497 e. The molecule has 1 fully saturated rings. The Labute approximate surface area is 168 Å². The van der Waals surface area contributed by atoms with E-state index in [-0.39, 0.29) is 0 Å². The summed E-state index contributed by atoms with van der Waals surface area (Å²) in [6, 6.07) is 16.7. The Kier molecular flexibility index (Phi) is 7.18. The van der Waals surface area contributed by atoms with E-state index in [0.29, 0.717) is 5.92 Å². The van der Waals surface area contributed by atoms with Gasteiger partial charge in [0.15, 0.2) is 5.96 Å². The Balaban J connectivity index is 1.60. The molecular weight excluding hydrogens is 350 g/mol. The number of benzene rings is 2. The summed E-state index contributed by atoms with van der Waals surface area (Å²) in [4.78, 5) is 7.25. The van der Waals surface area contributed by atoms with Crippen molar-refractivity contribution in [1.29, 1.82) is 0 Å². The molecule has 0 amide bonds. The quantitative estimate of drug-likeness (QED) is 0.587. The predicted molar refractivity (Wildman–Crippen MR) is 115 cm³/mol. The van der Waals surface area contributed by atoms with Crippen molar-refractivity contribution < 1.29 is 9.47 Å². The van der Waals surface area contributed by atoms with Gasteiger partial charge >= 0.3 is 0 Å². The van der Waals surface area contributed by atoms with Gasteiger partial charge in [-0.25, -0.2) is 0 Å². The average Bonchev–Trinajstić information content (AvgIpc) is 3.23. The number of likely N-dealkylation sites (tertiary alicyclic amines) is 1. The molecule has 0 bridgehead atoms. The molecule has 0 radical (unpaired) electrons. The van der Waals surface area contributed by atoms with Crippen molar-refractivity contribution in [3.05, 3.63) is 59.7 Å². The Morgan fingerprint density at radius 3 is 2.61 bits per heavy atom. The first kappa shape index (κ1) is 20.1. The summed E-state index contributed by atoms with van der Waals surface area (Å²) in [6.07, 6.45) is 2.05. The van der Waals surface area contributed by atoms with Crippen LogP contribution in [0.25, 0.3) is 0 Å². The minimum absolute atomic E-state index is 0.535. The second-order valence-corrected chi connectivity index (χ2v) is 7.04. The van der Waals surface area contributed by atoms with Crippen LogP contribution in [0.2, 0.25) is 0 Å². The number of hydrogen-bond acceptors (Lipinski definition) is 3. The first-order valence-corrected chi connectivity index (χ1v) is 10.0. The van der Waals surface area contributed by atoms with Crippen LogP contribution < -0.4 is 14.8 Å². The second-order valence-electron chi connectivity index (χ2n) is 7.04. The first-order valence-electron chi connectivity index (χ1n) is 10.0. The molecule has 1 aliphatic heterocycles. The number of methoxy groups -OCH3 is 2. The zero-order valence-electron chi connectivity index (χ0n) is 17.1. The van der Waals surface area contributed by atoms with Crippen LogP contribution in [0, 0.1) is 0 Å². The highest BCUT2D eigenvalue weighted by Crippen LogP contribution is 2.28. The number of nitrogens with zero attached hydrogens (tertiary/aromatic N) is 2. The average molecular weight is 382 g/mol. The van der Waals surface area contributed by atoms with Gasteiger partial charge in [-0.15, -0.1) is 0 Å². The molecule has 0 saturated carbocycles. The van der Waals surface area contributed by atoms with Crippen LogP contribution in [0.4, 0.5) is 0 Å². The van der Waals surface area contributed by atoms with E-state index in [2.05, 4.69) is 41.4 Å². The van der Waals surface area contributed by atoms with Crippen molar-refractivity contribution in [3.63, 3.8) is 0 Å². The topological polar surface area (TPSA) is 46.1 Å². The van der Waals surface area contributed by atoms with Crippen LogP contribution in [0.3, 0.4) is 0 Å². The number of guanidine groups is 1. The maximum atomic E-state index is 5.31. The molecular formula is C23H31N3O2. The molecule has 1 N–H and O–H groups in total. The third kappa shape index (κ3) is 5.18. The summed E-state index contributed by atoms with van der Waals surface area (Å²) in [7, 11) is 3.41. The van der Waals surface area contributed by atoms with E-state index < -0.39 is 0 Å². The molecule has 5 heteroatoms. The van der Waals surface area contributed by atoms with Crippen molar-refractivity contribution in [1.82, 2.24) is 10.2 Å².